The van der Waals surface area contributed by atoms with E-state index in [-0.39, 0.29) is 13.2 Å². The first kappa shape index (κ1) is 14.5. The fraction of sp³-hybridized carbons (Fsp3) is 0.667. The molecule has 1 amide bonds. The summed E-state index contributed by atoms with van der Waals surface area (Å²) in [5, 5.41) is 9.41. The van der Waals surface area contributed by atoms with Gasteiger partial charge in [-0.25, -0.2) is 9.59 Å². The molecule has 1 unspecified atom stereocenters. The molecule has 0 aromatic heterocycles. The van der Waals surface area contributed by atoms with Crippen LogP contribution in [0.1, 0.15) is 19.3 Å². The molecule has 0 spiro atoms. The highest BCUT2D eigenvalue weighted by Crippen LogP contribution is 2.29. The molecule has 1 saturated heterocycles. The zero-order valence-corrected chi connectivity index (χ0v) is 10.6. The first-order valence-electron chi connectivity index (χ1n) is 5.86. The normalized spacial score (nSPS) is 23.5. The van der Waals surface area contributed by atoms with Crippen LogP contribution in [-0.2, 0) is 14.3 Å². The van der Waals surface area contributed by atoms with Crippen LogP contribution < -0.4 is 0 Å². The van der Waals surface area contributed by atoms with Crippen molar-refractivity contribution < 1.29 is 24.2 Å². The minimum absolute atomic E-state index is 0.0362. The van der Waals surface area contributed by atoms with E-state index in [4.69, 9.17) is 9.47 Å². The number of methoxy groups -OCH3 is 1. The summed E-state index contributed by atoms with van der Waals surface area (Å²) in [4.78, 5) is 24.7. The summed E-state index contributed by atoms with van der Waals surface area (Å²) in [7, 11) is 1.42. The van der Waals surface area contributed by atoms with Gasteiger partial charge in [0, 0.05) is 13.7 Å². The van der Waals surface area contributed by atoms with Crippen molar-refractivity contribution in [3.05, 3.63) is 12.7 Å². The number of aliphatic carboxylic acids is 1. The Morgan fingerprint density at radius 2 is 2.22 bits per heavy atom. The number of hydrogen-bond donors (Lipinski definition) is 1. The number of rotatable bonds is 5. The Bertz CT molecular complexity index is 326. The number of likely N-dealkylation sites (tertiary alicyclic amines) is 1. The van der Waals surface area contributed by atoms with Crippen molar-refractivity contribution in [3.8, 4) is 0 Å². The van der Waals surface area contributed by atoms with Crippen LogP contribution in [0.2, 0.25) is 0 Å². The molecule has 0 aliphatic carbocycles. The Morgan fingerprint density at radius 1 is 1.50 bits per heavy atom. The average molecular weight is 257 g/mol. The zero-order chi connectivity index (χ0) is 13.6. The Balaban J connectivity index is 2.91. The fourth-order valence-corrected chi connectivity index (χ4v) is 2.18. The monoisotopic (exact) mass is 257 g/mol. The van der Waals surface area contributed by atoms with Crippen LogP contribution >= 0.6 is 0 Å². The maximum absolute atomic E-state index is 11.9. The van der Waals surface area contributed by atoms with E-state index in [0.29, 0.717) is 13.0 Å². The van der Waals surface area contributed by atoms with Crippen molar-refractivity contribution >= 4 is 12.1 Å². The van der Waals surface area contributed by atoms with Gasteiger partial charge in [-0.3, -0.25) is 4.90 Å². The Hall–Kier alpha value is -1.56. The van der Waals surface area contributed by atoms with Gasteiger partial charge in [-0.1, -0.05) is 12.7 Å². The molecule has 0 bridgehead atoms. The summed E-state index contributed by atoms with van der Waals surface area (Å²) >= 11 is 0. The van der Waals surface area contributed by atoms with Gasteiger partial charge >= 0.3 is 12.1 Å². The molecule has 1 rings (SSSR count). The van der Waals surface area contributed by atoms with E-state index in [9.17, 15) is 14.7 Å². The molecule has 1 aliphatic rings. The molecule has 0 radical (unpaired) electrons. The lowest BCUT2D eigenvalue weighted by molar-refractivity contribution is -0.157. The topological polar surface area (TPSA) is 76.1 Å². The van der Waals surface area contributed by atoms with Crippen molar-refractivity contribution in [2.24, 2.45) is 0 Å². The molecule has 1 atom stereocenters. The minimum atomic E-state index is -1.31. The number of hydrogen-bond acceptors (Lipinski definition) is 4. The van der Waals surface area contributed by atoms with E-state index in [1.54, 1.807) is 0 Å². The lowest BCUT2D eigenvalue weighted by atomic mass is 9.87. The molecule has 102 valence electrons. The molecule has 0 saturated carbocycles. The number of carbonyl (C=O) groups excluding carboxylic acids is 1. The number of carboxylic acid groups (broad SMARTS) is 1. The molecular weight excluding hydrogens is 238 g/mol. The highest BCUT2D eigenvalue weighted by molar-refractivity contribution is 5.85. The van der Waals surface area contributed by atoms with Gasteiger partial charge < -0.3 is 14.6 Å². The summed E-state index contributed by atoms with van der Waals surface area (Å²) in [6.45, 7) is 3.85. The quantitative estimate of drug-likeness (QED) is 0.750. The molecule has 1 N–H and O–H groups in total. The Kier molecular flexibility index (Phi) is 5.15. The molecular formula is C12H19NO5. The molecule has 18 heavy (non-hydrogen) atoms. The van der Waals surface area contributed by atoms with Crippen LogP contribution in [0.4, 0.5) is 4.79 Å². The maximum Gasteiger partial charge on any atom is 0.411 e. The third kappa shape index (κ3) is 2.81. The van der Waals surface area contributed by atoms with E-state index >= 15 is 0 Å². The van der Waals surface area contributed by atoms with Gasteiger partial charge in [-0.05, 0) is 19.3 Å². The van der Waals surface area contributed by atoms with Crippen LogP contribution in [-0.4, -0.2) is 54.5 Å². The lowest BCUT2D eigenvalue weighted by Crippen LogP contribution is -2.62. The predicted octanol–water partition coefficient (Wildman–Crippen LogP) is 1.26. The van der Waals surface area contributed by atoms with Gasteiger partial charge in [-0.2, -0.15) is 0 Å². The maximum atomic E-state index is 11.9. The Labute approximate surface area is 106 Å². The van der Waals surface area contributed by atoms with Crippen molar-refractivity contribution in [1.29, 1.82) is 0 Å². The second kappa shape index (κ2) is 6.39. The van der Waals surface area contributed by atoms with E-state index in [1.807, 2.05) is 0 Å². The van der Waals surface area contributed by atoms with Crippen molar-refractivity contribution in [3.63, 3.8) is 0 Å². The second-order valence-corrected chi connectivity index (χ2v) is 4.24. The van der Waals surface area contributed by atoms with Gasteiger partial charge in [0.25, 0.3) is 0 Å². The third-order valence-electron chi connectivity index (χ3n) is 3.07. The number of nitrogens with zero attached hydrogens (tertiary/aromatic N) is 1. The van der Waals surface area contributed by atoms with Crippen molar-refractivity contribution in [1.82, 2.24) is 4.90 Å². The molecule has 6 nitrogen and oxygen atoms in total. The zero-order valence-electron chi connectivity index (χ0n) is 10.6. The smallest absolute Gasteiger partial charge is 0.411 e. The van der Waals surface area contributed by atoms with Gasteiger partial charge in [0.15, 0.2) is 5.54 Å². The van der Waals surface area contributed by atoms with Crippen molar-refractivity contribution in [2.45, 2.75) is 24.8 Å². The van der Waals surface area contributed by atoms with Gasteiger partial charge in [0.2, 0.25) is 0 Å². The summed E-state index contributed by atoms with van der Waals surface area (Å²) in [6, 6.07) is 0. The summed E-state index contributed by atoms with van der Waals surface area (Å²) < 4.78 is 9.91. The van der Waals surface area contributed by atoms with Crippen LogP contribution in [0.3, 0.4) is 0 Å². The van der Waals surface area contributed by atoms with Gasteiger partial charge in [0.05, 0.1) is 6.61 Å². The van der Waals surface area contributed by atoms with Gasteiger partial charge in [-0.15, -0.1) is 0 Å². The summed E-state index contributed by atoms with van der Waals surface area (Å²) in [5.74, 6) is -1.06. The number of amides is 1. The number of carboxylic acids is 1. The van der Waals surface area contributed by atoms with Crippen LogP contribution in [0, 0.1) is 0 Å². The first-order valence-corrected chi connectivity index (χ1v) is 5.86. The SMILES string of the molecule is C=CCOC(=O)N1CCCCC1(COC)C(=O)O. The summed E-state index contributed by atoms with van der Waals surface area (Å²) in [5.41, 5.74) is -1.31. The van der Waals surface area contributed by atoms with Crippen LogP contribution in [0.25, 0.3) is 0 Å². The van der Waals surface area contributed by atoms with Crippen LogP contribution in [0.15, 0.2) is 12.7 Å². The largest absolute Gasteiger partial charge is 0.479 e. The average Bonchev–Trinajstić information content (AvgIpc) is 2.36. The Morgan fingerprint density at radius 3 is 2.78 bits per heavy atom. The highest BCUT2D eigenvalue weighted by Gasteiger charge is 2.49. The second-order valence-electron chi connectivity index (χ2n) is 4.24. The first-order chi connectivity index (χ1) is 8.58. The molecule has 0 aromatic carbocycles. The van der Waals surface area contributed by atoms with E-state index in [2.05, 4.69) is 6.58 Å². The minimum Gasteiger partial charge on any atom is -0.479 e. The van der Waals surface area contributed by atoms with Crippen molar-refractivity contribution in [2.75, 3.05) is 26.9 Å². The van der Waals surface area contributed by atoms with Crippen LogP contribution in [0.5, 0.6) is 0 Å². The predicted molar refractivity (Wildman–Crippen MR) is 64.3 cm³/mol. The van der Waals surface area contributed by atoms with E-state index in [1.165, 1.54) is 18.1 Å². The van der Waals surface area contributed by atoms with E-state index < -0.39 is 17.6 Å². The molecule has 1 aliphatic heterocycles. The number of piperidine rings is 1. The van der Waals surface area contributed by atoms with E-state index in [0.717, 1.165) is 12.8 Å². The molecule has 6 heteroatoms. The molecule has 1 heterocycles. The molecule has 0 aromatic rings. The number of ether oxygens (including phenoxy) is 2. The number of carbonyl (C=O) groups is 2. The third-order valence-corrected chi connectivity index (χ3v) is 3.07. The standard InChI is InChI=1S/C12H19NO5/c1-3-8-18-11(16)13-7-5-4-6-12(13,9-17-2)10(14)15/h3H,1,4-9H2,2H3,(H,14,15). The van der Waals surface area contributed by atoms with Gasteiger partial charge in [0.1, 0.15) is 6.61 Å². The lowest BCUT2D eigenvalue weighted by Gasteiger charge is -2.42. The summed E-state index contributed by atoms with van der Waals surface area (Å²) in [6.07, 6.45) is 2.71. The fourth-order valence-electron chi connectivity index (χ4n) is 2.18. The highest BCUT2D eigenvalue weighted by atomic mass is 16.6. The molecule has 1 fully saturated rings.